The van der Waals surface area contributed by atoms with Gasteiger partial charge in [0, 0.05) is 26.2 Å². The van der Waals surface area contributed by atoms with E-state index in [0.717, 1.165) is 13.0 Å². The van der Waals surface area contributed by atoms with E-state index in [1.165, 1.54) is 0 Å². The second-order valence-electron chi connectivity index (χ2n) is 0.591. The van der Waals surface area contributed by atoms with Crippen molar-refractivity contribution in [1.82, 2.24) is 0 Å². The van der Waals surface area contributed by atoms with Gasteiger partial charge >= 0.3 is 0 Å². The Kier molecular flexibility index (Phi) is 16.4. The van der Waals surface area contributed by atoms with Gasteiger partial charge in [0.2, 0.25) is 0 Å². The summed E-state index contributed by atoms with van der Waals surface area (Å²) in [7, 11) is 0. The van der Waals surface area contributed by atoms with Crippen molar-refractivity contribution in [2.45, 2.75) is 13.3 Å². The maximum Gasteiger partial charge on any atom is 0 e. The molecule has 0 aliphatic carbocycles. The number of aliphatic hydroxyl groups is 1. The van der Waals surface area contributed by atoms with Crippen molar-refractivity contribution < 1.29 is 31.3 Å². The SMILES string of the molecule is CC[CH-]O.[Zr]. The van der Waals surface area contributed by atoms with Crippen LogP contribution < -0.4 is 0 Å². The van der Waals surface area contributed by atoms with Crippen molar-refractivity contribution in [2.75, 3.05) is 0 Å². The van der Waals surface area contributed by atoms with Gasteiger partial charge in [-0.1, -0.05) is 6.92 Å². The molecule has 0 heterocycles. The Bertz CT molecular complexity index is 8.85. The minimum absolute atomic E-state index is 0. The fourth-order valence-corrected chi connectivity index (χ4v) is 0. The van der Waals surface area contributed by atoms with Crippen LogP contribution in [0.2, 0.25) is 0 Å². The van der Waals surface area contributed by atoms with Gasteiger partial charge in [-0.3, -0.25) is 0 Å². The molecule has 0 spiro atoms. The third kappa shape index (κ3) is 11.5. The zero-order chi connectivity index (χ0) is 3.41. The first-order valence-electron chi connectivity index (χ1n) is 1.37. The summed E-state index contributed by atoms with van der Waals surface area (Å²) < 4.78 is 0. The second kappa shape index (κ2) is 8.85. The molecule has 0 rings (SSSR count). The molecule has 0 bridgehead atoms. The molecular weight excluding hydrogens is 143 g/mol. The van der Waals surface area contributed by atoms with Crippen LogP contribution in [0.25, 0.3) is 0 Å². The van der Waals surface area contributed by atoms with Gasteiger partial charge in [0.1, 0.15) is 0 Å². The summed E-state index contributed by atoms with van der Waals surface area (Å²) in [5, 5.41) is 7.75. The molecule has 0 radical (unpaired) electrons. The summed E-state index contributed by atoms with van der Waals surface area (Å²) in [5.74, 6) is 0. The summed E-state index contributed by atoms with van der Waals surface area (Å²) in [6.45, 7) is 3.00. The van der Waals surface area contributed by atoms with Gasteiger partial charge < -0.3 is 5.11 Å². The number of hydrogen-bond donors (Lipinski definition) is 1. The van der Waals surface area contributed by atoms with E-state index >= 15 is 0 Å². The molecule has 0 aliphatic heterocycles. The van der Waals surface area contributed by atoms with Crippen LogP contribution in [0.4, 0.5) is 0 Å². The normalized spacial score (nSPS) is 6.00. The Hall–Kier alpha value is 0.843. The third-order valence-corrected chi connectivity index (χ3v) is 0.183. The average Bonchev–Trinajstić information content (AvgIpc) is 1.37. The van der Waals surface area contributed by atoms with Gasteiger partial charge in [-0.05, 0) is 0 Å². The number of aliphatic hydroxyl groups excluding tert-OH is 1. The first-order chi connectivity index (χ1) is 1.91. The van der Waals surface area contributed by atoms with E-state index in [1.54, 1.807) is 0 Å². The van der Waals surface area contributed by atoms with Crippen molar-refractivity contribution in [1.29, 1.82) is 0 Å². The fourth-order valence-electron chi connectivity index (χ4n) is 0. The Morgan fingerprint density at radius 2 is 2.00 bits per heavy atom. The van der Waals surface area contributed by atoms with Crippen molar-refractivity contribution >= 4 is 0 Å². The largest absolute Gasteiger partial charge is 0.566 e. The predicted molar refractivity (Wildman–Crippen MR) is 16.5 cm³/mol. The van der Waals surface area contributed by atoms with Crippen LogP contribution in [-0.4, -0.2) is 5.11 Å². The monoisotopic (exact) mass is 149 g/mol. The van der Waals surface area contributed by atoms with Gasteiger partial charge in [0.05, 0.1) is 0 Å². The van der Waals surface area contributed by atoms with E-state index in [-0.39, 0.29) is 26.2 Å². The van der Waals surface area contributed by atoms with Gasteiger partial charge in [-0.2, -0.15) is 6.42 Å². The molecule has 1 nitrogen and oxygen atoms in total. The topological polar surface area (TPSA) is 20.2 Å². The summed E-state index contributed by atoms with van der Waals surface area (Å²) in [4.78, 5) is 0. The Balaban J connectivity index is 0. The molecule has 0 aromatic rings. The first kappa shape index (κ1) is 9.28. The van der Waals surface area contributed by atoms with Crippen molar-refractivity contribution in [2.24, 2.45) is 0 Å². The molecule has 0 unspecified atom stereocenters. The van der Waals surface area contributed by atoms with E-state index in [0.29, 0.717) is 0 Å². The van der Waals surface area contributed by atoms with E-state index in [2.05, 4.69) is 0 Å². The zero-order valence-corrected chi connectivity index (χ0v) is 5.69. The molecule has 0 saturated carbocycles. The van der Waals surface area contributed by atoms with Crippen LogP contribution in [0.5, 0.6) is 0 Å². The Morgan fingerprint density at radius 3 is 2.00 bits per heavy atom. The van der Waals surface area contributed by atoms with Crippen LogP contribution in [0.3, 0.4) is 0 Å². The van der Waals surface area contributed by atoms with Crippen LogP contribution in [0.1, 0.15) is 13.3 Å². The molecule has 30 valence electrons. The molecule has 0 aliphatic rings. The van der Waals surface area contributed by atoms with Crippen LogP contribution in [0.15, 0.2) is 0 Å². The molecule has 2 heteroatoms. The summed E-state index contributed by atoms with van der Waals surface area (Å²) in [6, 6.07) is 0. The molecule has 5 heavy (non-hydrogen) atoms. The maximum atomic E-state index is 7.75. The molecule has 1 N–H and O–H groups in total. The molecule has 0 saturated heterocycles. The van der Waals surface area contributed by atoms with E-state index in [4.69, 9.17) is 5.11 Å². The van der Waals surface area contributed by atoms with Crippen molar-refractivity contribution in [3.8, 4) is 0 Å². The Labute approximate surface area is 51.5 Å². The molecule has 0 atom stereocenters. The first-order valence-corrected chi connectivity index (χ1v) is 1.37. The minimum Gasteiger partial charge on any atom is -0.566 e. The van der Waals surface area contributed by atoms with Gasteiger partial charge in [0.25, 0.3) is 0 Å². The second-order valence-corrected chi connectivity index (χ2v) is 0.591. The molecule has 0 aromatic carbocycles. The van der Waals surface area contributed by atoms with Crippen molar-refractivity contribution in [3.05, 3.63) is 6.61 Å². The third-order valence-electron chi connectivity index (χ3n) is 0.183. The standard InChI is InChI=1S/C3H7O.Zr/c1-2-3-4;/h3-4H,2H2,1H3;/q-1;. The fraction of sp³-hybridized carbons (Fsp3) is 0.667. The quantitative estimate of drug-likeness (QED) is 0.551. The summed E-state index contributed by atoms with van der Waals surface area (Å²) in [6.07, 6.45) is 0.750. The zero-order valence-electron chi connectivity index (χ0n) is 3.23. The summed E-state index contributed by atoms with van der Waals surface area (Å²) in [5.41, 5.74) is 0. The number of hydrogen-bond acceptors (Lipinski definition) is 1. The van der Waals surface area contributed by atoms with Crippen molar-refractivity contribution in [3.63, 3.8) is 0 Å². The molecule has 0 aromatic heterocycles. The maximum absolute atomic E-state index is 7.75. The summed E-state index contributed by atoms with van der Waals surface area (Å²) >= 11 is 0. The van der Waals surface area contributed by atoms with Crippen LogP contribution in [-0.2, 0) is 26.2 Å². The Morgan fingerprint density at radius 1 is 1.80 bits per heavy atom. The minimum atomic E-state index is 0. The smallest absolute Gasteiger partial charge is 0 e. The van der Waals surface area contributed by atoms with Gasteiger partial charge in [-0.25, -0.2) is 6.61 Å². The van der Waals surface area contributed by atoms with E-state index in [1.807, 2.05) is 6.92 Å². The van der Waals surface area contributed by atoms with Gasteiger partial charge in [-0.15, -0.1) is 0 Å². The average molecular weight is 150 g/mol. The number of rotatable bonds is 1. The molecular formula is C3H7OZr-. The van der Waals surface area contributed by atoms with E-state index in [9.17, 15) is 0 Å². The van der Waals surface area contributed by atoms with Crippen LogP contribution >= 0.6 is 0 Å². The molecule has 0 amide bonds. The van der Waals surface area contributed by atoms with E-state index < -0.39 is 0 Å². The predicted octanol–water partition coefficient (Wildman–Crippen LogP) is 0.928. The molecule has 0 fully saturated rings. The van der Waals surface area contributed by atoms with Crippen LogP contribution in [0, 0.1) is 6.61 Å². The van der Waals surface area contributed by atoms with Gasteiger partial charge in [0.15, 0.2) is 0 Å².